The van der Waals surface area contributed by atoms with Gasteiger partial charge in [0, 0.05) is 22.1 Å². The molecule has 0 spiro atoms. The molecule has 8 N–H and O–H groups in total. The number of fused-ring (bicyclic) bond motifs is 2. The fraction of sp³-hybridized carbons (Fsp3) is 0.0571. The average molecular weight is 843 g/mol. The number of carbonyl (C=O) groups is 1. The van der Waals surface area contributed by atoms with Gasteiger partial charge < -0.3 is 20.8 Å². The van der Waals surface area contributed by atoms with Crippen molar-refractivity contribution in [1.29, 1.82) is 0 Å². The molecule has 0 fully saturated rings. The van der Waals surface area contributed by atoms with Crippen molar-refractivity contribution in [1.82, 2.24) is 9.44 Å². The summed E-state index contributed by atoms with van der Waals surface area (Å²) in [6.07, 6.45) is 0. The van der Waals surface area contributed by atoms with E-state index >= 15 is 0 Å². The highest BCUT2D eigenvalue weighted by Gasteiger charge is 2.25. The van der Waals surface area contributed by atoms with Crippen LogP contribution in [0.4, 0.5) is 27.5 Å². The Bertz CT molecular complexity index is 2880. The van der Waals surface area contributed by atoms with E-state index in [1.165, 1.54) is 48.5 Å². The van der Waals surface area contributed by atoms with E-state index in [1.54, 1.807) is 23.3 Å². The number of urea groups is 1. The predicted molar refractivity (Wildman–Crippen MR) is 206 cm³/mol. The van der Waals surface area contributed by atoms with Crippen LogP contribution in [-0.4, -0.2) is 59.0 Å². The Morgan fingerprint density at radius 3 is 1.18 bits per heavy atom. The molecule has 0 aliphatic rings. The summed E-state index contributed by atoms with van der Waals surface area (Å²) in [5.74, 6) is -0.639. The predicted octanol–water partition coefficient (Wildman–Crippen LogP) is 5.38. The second-order valence-corrected chi connectivity index (χ2v) is 18.6. The van der Waals surface area contributed by atoms with Gasteiger partial charge in [0.05, 0.1) is 31.0 Å². The van der Waals surface area contributed by atoms with Crippen molar-refractivity contribution in [3.8, 4) is 11.5 Å². The molecule has 17 nitrogen and oxygen atoms in total. The minimum atomic E-state index is -4.70. The number of phenolic OH excluding ortho intramolecular Hbond substituents is 2. The highest BCUT2D eigenvalue weighted by Crippen LogP contribution is 2.38. The van der Waals surface area contributed by atoms with Gasteiger partial charge in [-0.2, -0.15) is 16.8 Å². The summed E-state index contributed by atoms with van der Waals surface area (Å²) in [5.41, 5.74) is 1.55. The van der Waals surface area contributed by atoms with Crippen molar-refractivity contribution in [2.24, 2.45) is 0 Å². The molecule has 6 aromatic carbocycles. The van der Waals surface area contributed by atoms with Gasteiger partial charge in [-0.1, -0.05) is 24.3 Å². The summed E-state index contributed by atoms with van der Waals surface area (Å²) >= 11 is 0. The van der Waals surface area contributed by atoms with Gasteiger partial charge in [0.15, 0.2) is 0 Å². The molecule has 0 saturated heterocycles. The Morgan fingerprint density at radius 1 is 0.464 bits per heavy atom. The smallest absolute Gasteiger partial charge is 0.342 e. The first-order valence-electron chi connectivity index (χ1n) is 15.8. The van der Waals surface area contributed by atoms with Crippen LogP contribution in [0.25, 0.3) is 21.5 Å². The molecule has 6 rings (SSSR count). The molecule has 0 aromatic heterocycles. The lowest BCUT2D eigenvalue weighted by atomic mass is 10.1. The second-order valence-electron chi connectivity index (χ2n) is 12.4. The molecule has 0 atom stereocenters. The third-order valence-electron chi connectivity index (χ3n) is 8.55. The summed E-state index contributed by atoms with van der Waals surface area (Å²) in [6.45, 7) is 3.24. The summed E-state index contributed by atoms with van der Waals surface area (Å²) in [7, 11) is -18.4. The molecule has 0 aliphatic heterocycles. The summed E-state index contributed by atoms with van der Waals surface area (Å²) in [5, 5.41) is 28.5. The van der Waals surface area contributed by atoms with Gasteiger partial charge in [-0.3, -0.25) is 9.11 Å². The minimum absolute atomic E-state index is 0.101. The SMILES string of the molecule is Cc1ccc(S(=O)(=O)NC(=O)NS(=O)(=O)c2ccc(C)c(Nc3ccc4cc(S(=O)(=O)O)ccc4c3O)c2)cc1Nc1ccc2cc(S(=O)(=O)O)ccc2c1O. The van der Waals surface area contributed by atoms with Crippen LogP contribution in [0.3, 0.4) is 0 Å². The standard InChI is InChI=1S/C35H30N4O13S4/c1-19-3-7-23(17-31(19)36-29-13-5-21-15-25(55(47,48)49)9-11-27(21)33(29)40)53(43,44)38-35(42)39-54(45,46)24-8-4-20(2)32(18-24)37-30-14-6-22-16-26(56(50,51)52)10-12-28(22)34(30)41/h3-18,36-37,40-41H,1-2H3,(H2,38,39,42)(H,47,48,49)(H,50,51,52). The first-order valence-corrected chi connectivity index (χ1v) is 21.7. The monoisotopic (exact) mass is 842 g/mol. The largest absolute Gasteiger partial charge is 0.505 e. The number of amides is 2. The van der Waals surface area contributed by atoms with Gasteiger partial charge >= 0.3 is 6.03 Å². The number of nitrogens with one attached hydrogen (secondary N) is 4. The molecule has 56 heavy (non-hydrogen) atoms. The van der Waals surface area contributed by atoms with E-state index in [2.05, 4.69) is 10.6 Å². The van der Waals surface area contributed by atoms with Crippen molar-refractivity contribution in [3.63, 3.8) is 0 Å². The van der Waals surface area contributed by atoms with Crippen molar-refractivity contribution < 1.29 is 57.8 Å². The van der Waals surface area contributed by atoms with Crippen molar-refractivity contribution >= 4 is 90.6 Å². The van der Waals surface area contributed by atoms with Crippen LogP contribution in [0.5, 0.6) is 11.5 Å². The van der Waals surface area contributed by atoms with Gasteiger partial charge in [-0.25, -0.2) is 31.1 Å². The van der Waals surface area contributed by atoms with E-state index in [4.69, 9.17) is 0 Å². The van der Waals surface area contributed by atoms with Crippen LogP contribution in [0.2, 0.25) is 0 Å². The number of rotatable bonds is 10. The zero-order valence-corrected chi connectivity index (χ0v) is 32.1. The second kappa shape index (κ2) is 14.3. The number of aryl methyl sites for hydroxylation is 2. The number of anilines is 4. The van der Waals surface area contributed by atoms with E-state index in [0.29, 0.717) is 11.1 Å². The number of benzene rings is 6. The van der Waals surface area contributed by atoms with Crippen LogP contribution < -0.4 is 20.1 Å². The van der Waals surface area contributed by atoms with E-state index < -0.39 is 56.1 Å². The van der Waals surface area contributed by atoms with Crippen LogP contribution >= 0.6 is 0 Å². The summed E-state index contributed by atoms with van der Waals surface area (Å²) in [4.78, 5) is 11.2. The number of hydrogen-bond acceptors (Lipinski definition) is 13. The number of aromatic hydroxyl groups is 2. The normalized spacial score (nSPS) is 12.4. The summed E-state index contributed by atoms with van der Waals surface area (Å²) < 4.78 is 121. The zero-order valence-electron chi connectivity index (χ0n) is 28.8. The van der Waals surface area contributed by atoms with Gasteiger partial charge in [0.25, 0.3) is 40.3 Å². The first kappa shape index (κ1) is 39.7. The maximum atomic E-state index is 13.2. The fourth-order valence-corrected chi connectivity index (χ4v) is 8.55. The number of carbonyl (C=O) groups excluding carboxylic acids is 1. The topological polar surface area (TPSA) is 283 Å². The van der Waals surface area contributed by atoms with Crippen LogP contribution in [0.1, 0.15) is 11.1 Å². The van der Waals surface area contributed by atoms with Crippen LogP contribution in [-0.2, 0) is 40.3 Å². The number of sulfonamides is 2. The molecular formula is C35H30N4O13S4. The average Bonchev–Trinajstić information content (AvgIpc) is 3.10. The Morgan fingerprint density at radius 2 is 0.821 bits per heavy atom. The molecule has 0 radical (unpaired) electrons. The molecule has 6 aromatic rings. The lowest BCUT2D eigenvalue weighted by molar-refractivity contribution is 0.250. The zero-order chi connectivity index (χ0) is 41.0. The van der Waals surface area contributed by atoms with Gasteiger partial charge in [-0.15, -0.1) is 0 Å². The molecular weight excluding hydrogens is 813 g/mol. The van der Waals surface area contributed by atoms with Crippen LogP contribution in [0, 0.1) is 13.8 Å². The quantitative estimate of drug-likeness (QED) is 0.0635. The first-order chi connectivity index (χ1) is 26.0. The van der Waals surface area contributed by atoms with E-state index in [0.717, 1.165) is 48.5 Å². The van der Waals surface area contributed by atoms with Crippen molar-refractivity contribution in [3.05, 3.63) is 108 Å². The maximum Gasteiger partial charge on any atom is 0.342 e. The molecule has 0 saturated carbocycles. The van der Waals surface area contributed by atoms with Gasteiger partial charge in [0.1, 0.15) is 11.5 Å². The molecule has 0 unspecified atom stereocenters. The lowest BCUT2D eigenvalue weighted by Gasteiger charge is -2.16. The molecule has 21 heteroatoms. The third-order valence-corrected chi connectivity index (χ3v) is 12.9. The van der Waals surface area contributed by atoms with Crippen molar-refractivity contribution in [2.45, 2.75) is 33.4 Å². The van der Waals surface area contributed by atoms with E-state index in [9.17, 15) is 57.8 Å². The minimum Gasteiger partial charge on any atom is -0.505 e. The van der Waals surface area contributed by atoms with E-state index in [1.807, 2.05) is 0 Å². The highest BCUT2D eigenvalue weighted by molar-refractivity contribution is 7.91. The van der Waals surface area contributed by atoms with Gasteiger partial charge in [-0.05, 0) is 109 Å². The van der Waals surface area contributed by atoms with Crippen molar-refractivity contribution in [2.75, 3.05) is 10.6 Å². The maximum absolute atomic E-state index is 13.2. The molecule has 0 aliphatic carbocycles. The van der Waals surface area contributed by atoms with E-state index in [-0.39, 0.29) is 65.6 Å². The number of hydrogen-bond donors (Lipinski definition) is 8. The summed E-state index contributed by atoms with van der Waals surface area (Å²) in [6, 6.07) is 18.5. The Labute approximate surface area is 320 Å². The van der Waals surface area contributed by atoms with Crippen LogP contribution in [0.15, 0.2) is 117 Å². The number of phenols is 2. The molecule has 0 heterocycles. The Hall–Kier alpha value is -5.97. The fourth-order valence-electron chi connectivity index (χ4n) is 5.58. The Kier molecular flexibility index (Phi) is 10.1. The molecule has 292 valence electrons. The van der Waals surface area contributed by atoms with Gasteiger partial charge in [0.2, 0.25) is 0 Å². The highest BCUT2D eigenvalue weighted by atomic mass is 32.2. The molecule has 2 amide bonds. The lowest BCUT2D eigenvalue weighted by Crippen LogP contribution is -2.42. The third kappa shape index (κ3) is 8.17. The molecule has 0 bridgehead atoms. The Balaban J connectivity index is 1.19.